The lowest BCUT2D eigenvalue weighted by atomic mass is 9.67. The Morgan fingerprint density at radius 2 is 0.577 bits per heavy atom. The largest absolute Gasteiger partial charge is 0.743 e. The molecule has 14 heteroatoms. The Morgan fingerprint density at radius 3 is 0.808 bits per heavy atom. The van der Waals surface area contributed by atoms with Gasteiger partial charge in [0.25, 0.3) is 0 Å². The van der Waals surface area contributed by atoms with Crippen LogP contribution in [0.3, 0.4) is 0 Å². The van der Waals surface area contributed by atoms with Gasteiger partial charge < -0.3 is 9.11 Å². The van der Waals surface area contributed by atoms with Gasteiger partial charge in [-0.15, -0.1) is 0 Å². The Bertz CT molecular complexity index is 2760. The van der Waals surface area contributed by atoms with Crippen LogP contribution in [0.5, 0.6) is 0 Å². The molecule has 0 N–H and O–H groups in total. The second-order valence-electron chi connectivity index (χ2n) is 23.4. The third-order valence-corrected chi connectivity index (χ3v) is 25.6. The number of alkyl halides is 4. The zero-order chi connectivity index (χ0) is 54.4. The highest BCUT2D eigenvalue weighted by Crippen LogP contribution is 2.71. The average molecular weight is 1140 g/mol. The van der Waals surface area contributed by atoms with Crippen LogP contribution in [0.15, 0.2) is 211 Å². The molecular weight excluding hydrogens is 1070 g/mol. The van der Waals surface area contributed by atoms with Crippen LogP contribution in [0.2, 0.25) is 0 Å². The van der Waals surface area contributed by atoms with E-state index >= 15 is 0 Å². The van der Waals surface area contributed by atoms with E-state index in [-0.39, 0.29) is 45.5 Å². The van der Waals surface area contributed by atoms with Crippen LogP contribution in [-0.2, 0) is 42.0 Å². The standard InChI is InChI=1S/2C18H15S.2C14H20F2O3S/c2*1-4-10-16(11-5-1)19(17-12-6-2-7-13-17)18-14-8-3-9-15-18;2*15-14(16,20(17,18)19)6-10-4-9-5-11(10)13-8-2-1-7(3-8)12(9)13/h2*1-15H;2*7-13H,1-6H2,(H,17,18,19)/q2*+1;;/p-2. The third-order valence-electron chi connectivity index (χ3n) is 19.3. The van der Waals surface area contributed by atoms with Crippen molar-refractivity contribution in [2.75, 3.05) is 0 Å². The van der Waals surface area contributed by atoms with Gasteiger partial charge in [0.1, 0.15) is 0 Å². The van der Waals surface area contributed by atoms with Crippen molar-refractivity contribution in [2.24, 2.45) is 82.9 Å². The molecule has 0 aliphatic heterocycles. The molecule has 8 aliphatic carbocycles. The van der Waals surface area contributed by atoms with Crippen molar-refractivity contribution in [1.82, 2.24) is 0 Å². The number of hydrogen-bond donors (Lipinski definition) is 0. The van der Waals surface area contributed by atoms with E-state index in [1.807, 2.05) is 0 Å². The summed E-state index contributed by atoms with van der Waals surface area (Å²) in [5.74, 6) is 6.45. The van der Waals surface area contributed by atoms with E-state index in [2.05, 4.69) is 182 Å². The fourth-order valence-electron chi connectivity index (χ4n) is 16.8. The first kappa shape index (κ1) is 55.5. The van der Waals surface area contributed by atoms with Gasteiger partial charge in [-0.2, -0.15) is 17.6 Å². The fourth-order valence-corrected chi connectivity index (χ4v) is 21.9. The molecular formula is C64H68F4O6S4. The summed E-state index contributed by atoms with van der Waals surface area (Å²) >= 11 is 0. The zero-order valence-corrected chi connectivity index (χ0v) is 46.7. The van der Waals surface area contributed by atoms with Crippen molar-refractivity contribution < 1.29 is 43.5 Å². The maximum Gasteiger partial charge on any atom is 0.334 e. The topological polar surface area (TPSA) is 114 Å². The molecule has 0 aromatic heterocycles. The van der Waals surface area contributed by atoms with Crippen LogP contribution in [0.25, 0.3) is 0 Å². The van der Waals surface area contributed by atoms with Gasteiger partial charge in [0.05, 0.1) is 21.8 Å². The molecule has 78 heavy (non-hydrogen) atoms. The lowest BCUT2D eigenvalue weighted by Crippen LogP contribution is -2.37. The van der Waals surface area contributed by atoms with E-state index in [0.717, 1.165) is 24.7 Å². The summed E-state index contributed by atoms with van der Waals surface area (Å²) in [6.07, 6.45) is 9.44. The van der Waals surface area contributed by atoms with Gasteiger partial charge in [0.15, 0.2) is 49.6 Å². The van der Waals surface area contributed by atoms with Crippen LogP contribution in [0.4, 0.5) is 17.6 Å². The molecule has 8 aliphatic rings. The smallest absolute Gasteiger partial charge is 0.334 e. The summed E-state index contributed by atoms with van der Waals surface area (Å²) < 4.78 is 118. The van der Waals surface area contributed by atoms with Crippen molar-refractivity contribution in [3.63, 3.8) is 0 Å². The molecule has 412 valence electrons. The SMILES string of the molecule is O=S(=O)([O-])C(F)(F)CC1CC2CC1C1C3CCC(C3)C21.O=S(=O)([O-])C(F)(F)CC1CC2CC1C1C3CCC(C3)C21.c1ccc([S+](c2ccccc2)c2ccccc2)cc1.c1ccc([S+](c2ccccc2)c2ccccc2)cc1. The Morgan fingerprint density at radius 1 is 0.346 bits per heavy atom. The van der Waals surface area contributed by atoms with E-state index in [4.69, 9.17) is 0 Å². The normalized spacial score (nSPS) is 30.7. The van der Waals surface area contributed by atoms with Gasteiger partial charge in [-0.3, -0.25) is 0 Å². The monoisotopic (exact) mass is 1140 g/mol. The van der Waals surface area contributed by atoms with Crippen molar-refractivity contribution in [3.05, 3.63) is 182 Å². The third kappa shape index (κ3) is 11.3. The Labute approximate surface area is 464 Å². The molecule has 0 radical (unpaired) electrons. The maximum absolute atomic E-state index is 13.5. The number of hydrogen-bond acceptors (Lipinski definition) is 6. The van der Waals surface area contributed by atoms with Gasteiger partial charge in [-0.1, -0.05) is 109 Å². The highest BCUT2D eigenvalue weighted by molar-refractivity contribution is 7.97. The summed E-state index contributed by atoms with van der Waals surface area (Å²) in [6.45, 7) is 0. The zero-order valence-electron chi connectivity index (χ0n) is 43.5. The molecule has 6 aromatic rings. The van der Waals surface area contributed by atoms with Gasteiger partial charge in [0, 0.05) is 12.8 Å². The number of rotatable bonds is 12. The summed E-state index contributed by atoms with van der Waals surface area (Å²) in [5.41, 5.74) is 0. The Kier molecular flexibility index (Phi) is 16.2. The van der Waals surface area contributed by atoms with E-state index < -0.39 is 43.6 Å². The number of halogens is 4. The Hall–Kier alpha value is -4.44. The predicted octanol–water partition coefficient (Wildman–Crippen LogP) is 15.2. The van der Waals surface area contributed by atoms with Crippen LogP contribution < -0.4 is 0 Å². The van der Waals surface area contributed by atoms with E-state index in [0.29, 0.717) is 60.2 Å². The molecule has 0 heterocycles. The molecule has 6 aromatic carbocycles. The molecule has 14 atom stereocenters. The fraction of sp³-hybridized carbons (Fsp3) is 0.438. The number of fused-ring (bicyclic) bond motifs is 18. The van der Waals surface area contributed by atoms with Crippen molar-refractivity contribution in [3.8, 4) is 0 Å². The molecule has 14 rings (SSSR count). The minimum Gasteiger partial charge on any atom is -0.743 e. The highest BCUT2D eigenvalue weighted by Gasteiger charge is 2.64. The van der Waals surface area contributed by atoms with Crippen LogP contribution >= 0.6 is 0 Å². The maximum atomic E-state index is 13.5. The lowest BCUT2D eigenvalue weighted by molar-refractivity contribution is 0.0176. The van der Waals surface area contributed by atoms with Crippen molar-refractivity contribution in [2.45, 2.75) is 117 Å². The number of benzene rings is 6. The molecule has 0 saturated heterocycles. The minimum atomic E-state index is -5.52. The molecule has 8 fully saturated rings. The summed E-state index contributed by atoms with van der Waals surface area (Å²) in [4.78, 5) is 8.17. The first-order valence-electron chi connectivity index (χ1n) is 27.9. The second kappa shape index (κ2) is 22.8. The van der Waals surface area contributed by atoms with E-state index in [1.165, 1.54) is 67.9 Å². The quantitative estimate of drug-likeness (QED) is 0.0522. The van der Waals surface area contributed by atoms with Gasteiger partial charge in [-0.25, -0.2) is 16.8 Å². The van der Waals surface area contributed by atoms with Gasteiger partial charge in [-0.05, 0) is 220 Å². The molecule has 0 spiro atoms. The average Bonchev–Trinajstić information content (AvgIpc) is 4.37. The van der Waals surface area contributed by atoms with Crippen LogP contribution in [-0.4, -0.2) is 36.5 Å². The molecule has 8 saturated carbocycles. The van der Waals surface area contributed by atoms with Gasteiger partial charge in [0.2, 0.25) is 0 Å². The van der Waals surface area contributed by atoms with Crippen molar-refractivity contribution in [1.29, 1.82) is 0 Å². The second-order valence-corrected chi connectivity index (χ2v) is 30.4. The van der Waals surface area contributed by atoms with E-state index in [1.54, 1.807) is 0 Å². The predicted molar refractivity (Wildman–Crippen MR) is 297 cm³/mol. The van der Waals surface area contributed by atoms with Crippen LogP contribution in [0, 0.1) is 82.9 Å². The van der Waals surface area contributed by atoms with Gasteiger partial charge >= 0.3 is 10.5 Å². The molecule has 6 nitrogen and oxygen atoms in total. The highest BCUT2D eigenvalue weighted by atomic mass is 32.2. The summed E-state index contributed by atoms with van der Waals surface area (Å²) in [7, 11) is -11.1. The molecule has 14 unspecified atom stereocenters. The van der Waals surface area contributed by atoms with Crippen LogP contribution in [0.1, 0.15) is 77.0 Å². The summed E-state index contributed by atoms with van der Waals surface area (Å²) in [6, 6.07) is 64.3. The van der Waals surface area contributed by atoms with E-state index in [9.17, 15) is 43.5 Å². The first-order valence-corrected chi connectivity index (χ1v) is 33.2. The summed E-state index contributed by atoms with van der Waals surface area (Å²) in [5, 5.41) is -8.18. The lowest BCUT2D eigenvalue weighted by Gasteiger charge is -2.39. The first-order chi connectivity index (χ1) is 37.5. The molecule has 0 amide bonds. The van der Waals surface area contributed by atoms with Crippen molar-refractivity contribution >= 4 is 42.0 Å². The Balaban J connectivity index is 0.000000110. The minimum absolute atomic E-state index is 0.0146. The molecule has 8 bridgehead atoms.